The summed E-state index contributed by atoms with van der Waals surface area (Å²) in [5.41, 5.74) is 10.6. The summed E-state index contributed by atoms with van der Waals surface area (Å²) in [6.07, 6.45) is 1.50. The average Bonchev–Trinajstić information content (AvgIpc) is 2.90. The van der Waals surface area contributed by atoms with Crippen molar-refractivity contribution in [2.45, 2.75) is 19.8 Å². The molecule has 2 aromatic carbocycles. The molecular formula is C16H14Br2N2O. The van der Waals surface area contributed by atoms with Crippen LogP contribution in [-0.2, 0) is 12.8 Å². The van der Waals surface area contributed by atoms with Crippen molar-refractivity contribution in [3.05, 3.63) is 56.3 Å². The lowest BCUT2D eigenvalue weighted by Gasteiger charge is -2.07. The first-order chi connectivity index (χ1) is 10.1. The van der Waals surface area contributed by atoms with Crippen molar-refractivity contribution in [2.24, 2.45) is 0 Å². The van der Waals surface area contributed by atoms with E-state index >= 15 is 0 Å². The van der Waals surface area contributed by atoms with Gasteiger partial charge in [0.1, 0.15) is 5.52 Å². The van der Waals surface area contributed by atoms with Crippen molar-refractivity contribution >= 4 is 48.6 Å². The summed E-state index contributed by atoms with van der Waals surface area (Å²) in [5.74, 6) is 0.698. The van der Waals surface area contributed by atoms with Gasteiger partial charge in [-0.25, -0.2) is 4.98 Å². The molecule has 2 N–H and O–H groups in total. The molecule has 0 aliphatic carbocycles. The number of anilines is 1. The van der Waals surface area contributed by atoms with E-state index in [1.807, 2.05) is 18.2 Å². The maximum Gasteiger partial charge on any atom is 0.199 e. The molecule has 0 aliphatic rings. The lowest BCUT2D eigenvalue weighted by Crippen LogP contribution is -1.94. The molecule has 0 saturated heterocycles. The highest BCUT2D eigenvalue weighted by Gasteiger charge is 2.19. The molecule has 1 aromatic heterocycles. The number of aromatic nitrogens is 1. The van der Waals surface area contributed by atoms with Gasteiger partial charge in [0.05, 0.1) is 10.2 Å². The Labute approximate surface area is 139 Å². The van der Waals surface area contributed by atoms with Crippen LogP contribution in [0.2, 0.25) is 0 Å². The molecular weight excluding hydrogens is 396 g/mol. The highest BCUT2D eigenvalue weighted by Crippen LogP contribution is 2.40. The van der Waals surface area contributed by atoms with Gasteiger partial charge >= 0.3 is 0 Å². The van der Waals surface area contributed by atoms with Gasteiger partial charge in [-0.1, -0.05) is 37.3 Å². The summed E-state index contributed by atoms with van der Waals surface area (Å²) in [5, 5.41) is 0. The molecule has 0 atom stereocenters. The number of fused-ring (bicyclic) bond motifs is 1. The Balaban J connectivity index is 2.14. The second-order valence-electron chi connectivity index (χ2n) is 4.82. The highest BCUT2D eigenvalue weighted by molar-refractivity contribution is 9.11. The lowest BCUT2D eigenvalue weighted by molar-refractivity contribution is 0.541. The van der Waals surface area contributed by atoms with E-state index in [0.29, 0.717) is 18.0 Å². The van der Waals surface area contributed by atoms with Gasteiger partial charge in [0.25, 0.3) is 0 Å². The minimum Gasteiger partial charge on any atom is -0.440 e. The zero-order valence-electron chi connectivity index (χ0n) is 11.5. The summed E-state index contributed by atoms with van der Waals surface area (Å²) in [6, 6.07) is 10.2. The Kier molecular flexibility index (Phi) is 4.04. The normalized spacial score (nSPS) is 11.2. The summed E-state index contributed by atoms with van der Waals surface area (Å²) in [6.45, 7) is 2.08. The number of benzene rings is 2. The molecule has 0 unspecified atom stereocenters. The second kappa shape index (κ2) is 5.81. The molecule has 1 heterocycles. The van der Waals surface area contributed by atoms with Crippen molar-refractivity contribution in [1.29, 1.82) is 0 Å². The monoisotopic (exact) mass is 408 g/mol. The molecule has 0 radical (unpaired) electrons. The predicted molar refractivity (Wildman–Crippen MR) is 92.4 cm³/mol. The molecule has 5 heteroatoms. The van der Waals surface area contributed by atoms with Crippen LogP contribution in [0.5, 0.6) is 0 Å². The zero-order chi connectivity index (χ0) is 15.0. The Hall–Kier alpha value is -1.33. The molecule has 0 saturated carbocycles. The van der Waals surface area contributed by atoms with Crippen LogP contribution in [0, 0.1) is 0 Å². The van der Waals surface area contributed by atoms with Gasteiger partial charge in [-0.2, -0.15) is 0 Å². The number of nitrogen functional groups attached to an aromatic ring is 1. The third-order valence-electron chi connectivity index (χ3n) is 3.44. The molecule has 0 aliphatic heterocycles. The zero-order valence-corrected chi connectivity index (χ0v) is 14.7. The minimum absolute atomic E-state index is 0.666. The van der Waals surface area contributed by atoms with Crippen molar-refractivity contribution in [1.82, 2.24) is 4.98 Å². The molecule has 108 valence electrons. The molecule has 0 amide bonds. The molecule has 3 aromatic rings. The minimum atomic E-state index is 0.666. The van der Waals surface area contributed by atoms with Crippen LogP contribution in [0.4, 0.5) is 5.69 Å². The van der Waals surface area contributed by atoms with Crippen LogP contribution in [0.15, 0.2) is 43.7 Å². The third kappa shape index (κ3) is 2.60. The van der Waals surface area contributed by atoms with Gasteiger partial charge in [-0.3, -0.25) is 0 Å². The van der Waals surface area contributed by atoms with E-state index < -0.39 is 0 Å². The van der Waals surface area contributed by atoms with Crippen LogP contribution >= 0.6 is 31.9 Å². The number of halogens is 2. The fourth-order valence-corrected chi connectivity index (χ4v) is 3.76. The Morgan fingerprint density at radius 1 is 1.14 bits per heavy atom. The van der Waals surface area contributed by atoms with Gasteiger partial charge in [-0.05, 0) is 43.8 Å². The largest absolute Gasteiger partial charge is 0.440 e. The fourth-order valence-electron chi connectivity index (χ4n) is 2.37. The van der Waals surface area contributed by atoms with E-state index in [1.165, 1.54) is 5.56 Å². The fraction of sp³-hybridized carbons (Fsp3) is 0.188. The summed E-state index contributed by atoms with van der Waals surface area (Å²) in [4.78, 5) is 4.60. The smallest absolute Gasteiger partial charge is 0.199 e. The van der Waals surface area contributed by atoms with Crippen LogP contribution in [0.25, 0.3) is 11.1 Å². The maximum absolute atomic E-state index is 6.11. The van der Waals surface area contributed by atoms with E-state index in [4.69, 9.17) is 10.2 Å². The van der Waals surface area contributed by atoms with Crippen molar-refractivity contribution in [3.8, 4) is 0 Å². The van der Waals surface area contributed by atoms with E-state index in [2.05, 4.69) is 55.9 Å². The Bertz CT molecular complexity index is 797. The van der Waals surface area contributed by atoms with E-state index in [1.54, 1.807) is 0 Å². The first-order valence-corrected chi connectivity index (χ1v) is 8.29. The maximum atomic E-state index is 6.11. The molecule has 3 nitrogen and oxygen atoms in total. The van der Waals surface area contributed by atoms with Gasteiger partial charge < -0.3 is 10.2 Å². The predicted octanol–water partition coefficient (Wildman–Crippen LogP) is 5.09. The van der Waals surface area contributed by atoms with Crippen LogP contribution < -0.4 is 5.73 Å². The Morgan fingerprint density at radius 3 is 2.52 bits per heavy atom. The first kappa shape index (κ1) is 14.6. The highest BCUT2D eigenvalue weighted by atomic mass is 79.9. The molecule has 0 spiro atoms. The van der Waals surface area contributed by atoms with Crippen LogP contribution in [0.1, 0.15) is 23.9 Å². The number of aryl methyl sites for hydroxylation is 1. The van der Waals surface area contributed by atoms with E-state index in [-0.39, 0.29) is 0 Å². The summed E-state index contributed by atoms with van der Waals surface area (Å²) < 4.78 is 7.65. The number of nitrogens with zero attached hydrogens (tertiary/aromatic N) is 1. The second-order valence-corrected chi connectivity index (χ2v) is 6.41. The van der Waals surface area contributed by atoms with Crippen molar-refractivity contribution in [3.63, 3.8) is 0 Å². The van der Waals surface area contributed by atoms with Crippen LogP contribution in [0.3, 0.4) is 0 Å². The van der Waals surface area contributed by atoms with Crippen LogP contribution in [-0.4, -0.2) is 4.98 Å². The first-order valence-electron chi connectivity index (χ1n) is 6.70. The average molecular weight is 410 g/mol. The molecule has 0 bridgehead atoms. The standard InChI is InChI=1S/C16H14Br2N2O/c1-2-10-12(17)14(19)13(18)15-16(10)21-11(20-15)8-9-6-4-3-5-7-9/h3-7H,2,8,19H2,1H3. The number of hydrogen-bond acceptors (Lipinski definition) is 3. The van der Waals surface area contributed by atoms with Crippen molar-refractivity contribution in [2.75, 3.05) is 5.73 Å². The number of hydrogen-bond donors (Lipinski definition) is 1. The summed E-state index contributed by atoms with van der Waals surface area (Å²) in [7, 11) is 0. The Morgan fingerprint density at radius 2 is 1.86 bits per heavy atom. The van der Waals surface area contributed by atoms with Gasteiger partial charge in [0.2, 0.25) is 0 Å². The van der Waals surface area contributed by atoms with Crippen molar-refractivity contribution < 1.29 is 4.42 Å². The van der Waals surface area contributed by atoms with Gasteiger partial charge in [-0.15, -0.1) is 0 Å². The van der Waals surface area contributed by atoms with E-state index in [9.17, 15) is 0 Å². The molecule has 0 fully saturated rings. The van der Waals surface area contributed by atoms with Gasteiger partial charge in [0, 0.05) is 16.5 Å². The third-order valence-corrected chi connectivity index (χ3v) is 5.15. The quantitative estimate of drug-likeness (QED) is 0.613. The topological polar surface area (TPSA) is 52.0 Å². The SMILES string of the molecule is CCc1c(Br)c(N)c(Br)c2nc(Cc3ccccc3)oc12. The molecule has 3 rings (SSSR count). The van der Waals surface area contributed by atoms with Gasteiger partial charge in [0.15, 0.2) is 11.5 Å². The lowest BCUT2D eigenvalue weighted by atomic mass is 10.1. The number of oxazole rings is 1. The number of nitrogens with two attached hydrogens (primary N) is 1. The summed E-state index contributed by atoms with van der Waals surface area (Å²) >= 11 is 7.06. The number of rotatable bonds is 3. The molecule has 21 heavy (non-hydrogen) atoms. The van der Waals surface area contributed by atoms with E-state index in [0.717, 1.165) is 32.0 Å².